The third-order valence-corrected chi connectivity index (χ3v) is 3.16. The molecule has 2 aromatic rings. The first-order chi connectivity index (χ1) is 8.97. The quantitative estimate of drug-likeness (QED) is 0.902. The Morgan fingerprint density at radius 1 is 1.53 bits per heavy atom. The van der Waals surface area contributed by atoms with Gasteiger partial charge in [-0.15, -0.1) is 0 Å². The number of aryl methyl sites for hydroxylation is 1. The molecule has 1 heterocycles. The van der Waals surface area contributed by atoms with Gasteiger partial charge >= 0.3 is 0 Å². The lowest BCUT2D eigenvalue weighted by Gasteiger charge is -2.14. The van der Waals surface area contributed by atoms with Crippen molar-refractivity contribution >= 4 is 23.2 Å². The normalized spacial score (nSPS) is 12.2. The number of amides is 1. The fraction of sp³-hybridized carbons (Fsp3) is 0.231. The van der Waals surface area contributed by atoms with Crippen LogP contribution >= 0.6 is 11.6 Å². The molecule has 0 fully saturated rings. The van der Waals surface area contributed by atoms with Crippen molar-refractivity contribution in [2.45, 2.75) is 13.0 Å². The molecular weight excluding hydrogens is 264 g/mol. The zero-order chi connectivity index (χ0) is 14.0. The summed E-state index contributed by atoms with van der Waals surface area (Å²) in [5.74, 6) is -0.531. The predicted octanol–water partition coefficient (Wildman–Crippen LogP) is 2.35. The van der Waals surface area contributed by atoms with Crippen LogP contribution in [0.1, 0.15) is 28.9 Å². The van der Waals surface area contributed by atoms with Gasteiger partial charge in [-0.05, 0) is 25.1 Å². The zero-order valence-electron chi connectivity index (χ0n) is 10.7. The maximum absolute atomic E-state index is 11.1. The number of aromatic nitrogens is 2. The Labute approximate surface area is 116 Å². The molecule has 0 saturated heterocycles. The van der Waals surface area contributed by atoms with Gasteiger partial charge < -0.3 is 11.1 Å². The number of primary amides is 1. The van der Waals surface area contributed by atoms with E-state index in [0.717, 1.165) is 11.3 Å². The lowest BCUT2D eigenvalue weighted by atomic mass is 10.1. The summed E-state index contributed by atoms with van der Waals surface area (Å²) in [6, 6.07) is 5.17. The van der Waals surface area contributed by atoms with Crippen LogP contribution in [0.25, 0.3) is 0 Å². The first kappa shape index (κ1) is 13.4. The largest absolute Gasteiger partial charge is 0.378 e. The summed E-state index contributed by atoms with van der Waals surface area (Å²) in [5.41, 5.74) is 7.42. The first-order valence-electron chi connectivity index (χ1n) is 5.82. The highest BCUT2D eigenvalue weighted by atomic mass is 35.5. The number of anilines is 1. The minimum absolute atomic E-state index is 0.0872. The Morgan fingerprint density at radius 2 is 2.26 bits per heavy atom. The van der Waals surface area contributed by atoms with E-state index in [1.807, 2.05) is 20.2 Å². The molecule has 1 aromatic carbocycles. The van der Waals surface area contributed by atoms with Gasteiger partial charge in [-0.1, -0.05) is 11.6 Å². The second-order valence-electron chi connectivity index (χ2n) is 4.37. The molecule has 0 saturated carbocycles. The Balaban J connectivity index is 2.15. The maximum atomic E-state index is 11.1. The van der Waals surface area contributed by atoms with Gasteiger partial charge in [-0.3, -0.25) is 9.48 Å². The summed E-state index contributed by atoms with van der Waals surface area (Å²) in [6.07, 6.45) is 3.74. The molecule has 1 aromatic heterocycles. The topological polar surface area (TPSA) is 72.9 Å². The van der Waals surface area contributed by atoms with Gasteiger partial charge in [0.15, 0.2) is 0 Å². The van der Waals surface area contributed by atoms with E-state index >= 15 is 0 Å². The van der Waals surface area contributed by atoms with Crippen LogP contribution in [0.15, 0.2) is 30.6 Å². The lowest BCUT2D eigenvalue weighted by molar-refractivity contribution is 0.100. The fourth-order valence-corrected chi connectivity index (χ4v) is 2.08. The Hall–Kier alpha value is -2.01. The molecular formula is C13H15ClN4O. The van der Waals surface area contributed by atoms with Crippen LogP contribution in [0.3, 0.4) is 0 Å². The van der Waals surface area contributed by atoms with Crippen LogP contribution in [0.5, 0.6) is 0 Å². The molecule has 100 valence electrons. The molecule has 0 aliphatic carbocycles. The summed E-state index contributed by atoms with van der Waals surface area (Å²) in [5, 5.41) is 7.76. The first-order valence-corrected chi connectivity index (χ1v) is 6.19. The van der Waals surface area contributed by atoms with E-state index in [1.165, 1.54) is 0 Å². The number of nitrogens with two attached hydrogens (primary N) is 1. The number of carbonyl (C=O) groups excluding carboxylic acids is 1. The molecule has 0 aliphatic rings. The second kappa shape index (κ2) is 5.32. The molecule has 1 unspecified atom stereocenters. The van der Waals surface area contributed by atoms with E-state index in [1.54, 1.807) is 29.1 Å². The van der Waals surface area contributed by atoms with Crippen molar-refractivity contribution in [2.24, 2.45) is 12.8 Å². The molecule has 3 N–H and O–H groups in total. The maximum Gasteiger partial charge on any atom is 0.250 e. The molecule has 2 rings (SSSR count). The fourth-order valence-electron chi connectivity index (χ4n) is 1.80. The van der Waals surface area contributed by atoms with Crippen molar-refractivity contribution in [2.75, 3.05) is 5.32 Å². The van der Waals surface area contributed by atoms with Crippen LogP contribution in [0.2, 0.25) is 5.02 Å². The van der Waals surface area contributed by atoms with Crippen LogP contribution in [-0.2, 0) is 7.05 Å². The minimum Gasteiger partial charge on any atom is -0.378 e. The zero-order valence-corrected chi connectivity index (χ0v) is 11.5. The van der Waals surface area contributed by atoms with Crippen LogP contribution < -0.4 is 11.1 Å². The van der Waals surface area contributed by atoms with E-state index in [-0.39, 0.29) is 6.04 Å². The highest BCUT2D eigenvalue weighted by Gasteiger charge is 2.10. The molecule has 0 aliphatic heterocycles. The summed E-state index contributed by atoms with van der Waals surface area (Å²) in [6.45, 7) is 2.02. The second-order valence-corrected chi connectivity index (χ2v) is 4.78. The third kappa shape index (κ3) is 3.06. The standard InChI is InChI=1S/C13H15ClN4O/c1-8(9-6-16-18(2)7-9)17-10-3-4-11(13(15)19)12(14)5-10/h3-8,17H,1-2H3,(H2,15,19). The molecule has 6 heteroatoms. The number of hydrogen-bond donors (Lipinski definition) is 2. The average Bonchev–Trinajstić information content (AvgIpc) is 2.75. The summed E-state index contributed by atoms with van der Waals surface area (Å²) >= 11 is 6.00. The number of nitrogens with zero attached hydrogens (tertiary/aromatic N) is 2. The molecule has 1 amide bonds. The minimum atomic E-state index is -0.531. The number of nitrogens with one attached hydrogen (secondary N) is 1. The summed E-state index contributed by atoms with van der Waals surface area (Å²) in [7, 11) is 1.87. The van der Waals surface area contributed by atoms with E-state index in [4.69, 9.17) is 17.3 Å². The van der Waals surface area contributed by atoms with Gasteiger partial charge in [0.05, 0.1) is 22.8 Å². The number of rotatable bonds is 4. The Morgan fingerprint density at radius 3 is 2.79 bits per heavy atom. The predicted molar refractivity (Wildman–Crippen MR) is 75.2 cm³/mol. The summed E-state index contributed by atoms with van der Waals surface area (Å²) in [4.78, 5) is 11.1. The number of hydrogen-bond acceptors (Lipinski definition) is 3. The van der Waals surface area contributed by atoms with Crippen molar-refractivity contribution in [3.63, 3.8) is 0 Å². The van der Waals surface area contributed by atoms with Crippen LogP contribution in [-0.4, -0.2) is 15.7 Å². The number of carbonyl (C=O) groups is 1. The van der Waals surface area contributed by atoms with Crippen molar-refractivity contribution < 1.29 is 4.79 Å². The summed E-state index contributed by atoms with van der Waals surface area (Å²) < 4.78 is 1.75. The number of benzene rings is 1. The van der Waals surface area contributed by atoms with Crippen molar-refractivity contribution in [1.82, 2.24) is 9.78 Å². The van der Waals surface area contributed by atoms with E-state index in [9.17, 15) is 4.79 Å². The van der Waals surface area contributed by atoms with Crippen LogP contribution in [0, 0.1) is 0 Å². The smallest absolute Gasteiger partial charge is 0.250 e. The highest BCUT2D eigenvalue weighted by molar-refractivity contribution is 6.34. The van der Waals surface area contributed by atoms with Gasteiger partial charge in [0.1, 0.15) is 0 Å². The molecule has 0 bridgehead atoms. The van der Waals surface area contributed by atoms with Crippen molar-refractivity contribution in [3.8, 4) is 0 Å². The Kier molecular flexibility index (Phi) is 3.76. The van der Waals surface area contributed by atoms with Gasteiger partial charge in [0.25, 0.3) is 0 Å². The monoisotopic (exact) mass is 278 g/mol. The molecule has 1 atom stereocenters. The highest BCUT2D eigenvalue weighted by Crippen LogP contribution is 2.24. The molecule has 0 spiro atoms. The van der Waals surface area contributed by atoms with E-state index < -0.39 is 5.91 Å². The van der Waals surface area contributed by atoms with Crippen molar-refractivity contribution in [1.29, 1.82) is 0 Å². The molecule has 5 nitrogen and oxygen atoms in total. The SMILES string of the molecule is CC(Nc1ccc(C(N)=O)c(Cl)c1)c1cnn(C)c1. The van der Waals surface area contributed by atoms with Gasteiger partial charge in [-0.25, -0.2) is 0 Å². The van der Waals surface area contributed by atoms with Gasteiger partial charge in [0.2, 0.25) is 5.91 Å². The number of halogens is 1. The average molecular weight is 279 g/mol. The Bertz CT molecular complexity index is 608. The van der Waals surface area contributed by atoms with Gasteiger partial charge in [-0.2, -0.15) is 5.10 Å². The van der Waals surface area contributed by atoms with Crippen molar-refractivity contribution in [3.05, 3.63) is 46.7 Å². The van der Waals surface area contributed by atoms with E-state index in [0.29, 0.717) is 10.6 Å². The van der Waals surface area contributed by atoms with Gasteiger partial charge in [0, 0.05) is 24.5 Å². The van der Waals surface area contributed by atoms with E-state index in [2.05, 4.69) is 10.4 Å². The molecule has 19 heavy (non-hydrogen) atoms. The lowest BCUT2D eigenvalue weighted by Crippen LogP contribution is -2.12. The third-order valence-electron chi connectivity index (χ3n) is 2.84. The van der Waals surface area contributed by atoms with Crippen LogP contribution in [0.4, 0.5) is 5.69 Å². The molecule has 0 radical (unpaired) electrons.